The Morgan fingerprint density at radius 2 is 1.74 bits per heavy atom. The van der Waals surface area contributed by atoms with Crippen molar-refractivity contribution < 1.29 is 9.59 Å². The number of halogens is 1. The third kappa shape index (κ3) is 4.20. The van der Waals surface area contributed by atoms with Crippen molar-refractivity contribution in [3.63, 3.8) is 0 Å². The van der Waals surface area contributed by atoms with Gasteiger partial charge in [-0.15, -0.1) is 0 Å². The van der Waals surface area contributed by atoms with E-state index in [9.17, 15) is 9.59 Å². The van der Waals surface area contributed by atoms with Crippen LogP contribution in [0.25, 0.3) is 0 Å². The summed E-state index contributed by atoms with van der Waals surface area (Å²) in [6, 6.07) is -0.576. The van der Waals surface area contributed by atoms with Crippen molar-refractivity contribution >= 4 is 34.8 Å². The first-order valence-corrected chi connectivity index (χ1v) is 10.4. The molecule has 2 amide bonds. The number of carbonyl (C=O) groups is 2. The van der Waals surface area contributed by atoms with Gasteiger partial charge in [0.15, 0.2) is 0 Å². The molecule has 0 aliphatic carbocycles. The van der Waals surface area contributed by atoms with Gasteiger partial charge in [-0.25, -0.2) is 0 Å². The predicted octanol–water partition coefficient (Wildman–Crippen LogP) is 3.25. The first kappa shape index (κ1) is 22.5. The van der Waals surface area contributed by atoms with Crippen LogP contribution in [0.15, 0.2) is 12.4 Å². The highest BCUT2D eigenvalue weighted by atomic mass is 35.5. The van der Waals surface area contributed by atoms with Crippen LogP contribution in [0.1, 0.15) is 53.9 Å². The highest BCUT2D eigenvalue weighted by Crippen LogP contribution is 2.26. The number of nitrogens with one attached hydrogen (secondary N) is 2. The molecule has 0 fully saturated rings. The molecule has 11 heteroatoms. The van der Waals surface area contributed by atoms with Gasteiger partial charge >= 0.3 is 0 Å². The molecule has 166 valence electrons. The van der Waals surface area contributed by atoms with Crippen LogP contribution in [0.3, 0.4) is 0 Å². The largest absolute Gasteiger partial charge is 0.321 e. The average molecular weight is 447 g/mol. The van der Waals surface area contributed by atoms with E-state index >= 15 is 0 Å². The van der Waals surface area contributed by atoms with Crippen molar-refractivity contribution in [3.05, 3.63) is 40.2 Å². The first-order chi connectivity index (χ1) is 14.7. The van der Waals surface area contributed by atoms with Crippen LogP contribution in [0.5, 0.6) is 0 Å². The molecule has 3 rings (SSSR count). The van der Waals surface area contributed by atoms with Gasteiger partial charge in [0.1, 0.15) is 11.7 Å². The van der Waals surface area contributed by atoms with E-state index < -0.39 is 6.04 Å². The topological polar surface area (TPSA) is 112 Å². The zero-order valence-corrected chi connectivity index (χ0v) is 19.3. The highest BCUT2D eigenvalue weighted by molar-refractivity contribution is 6.31. The Morgan fingerprint density at radius 3 is 2.26 bits per heavy atom. The van der Waals surface area contributed by atoms with Gasteiger partial charge in [-0.1, -0.05) is 18.5 Å². The second-order valence-corrected chi connectivity index (χ2v) is 7.66. The van der Waals surface area contributed by atoms with E-state index in [4.69, 9.17) is 11.6 Å². The number of hydrogen-bond donors (Lipinski definition) is 2. The summed E-state index contributed by atoms with van der Waals surface area (Å²) in [5.41, 5.74) is 3.38. The number of amides is 2. The zero-order valence-electron chi connectivity index (χ0n) is 18.5. The Kier molecular flexibility index (Phi) is 6.49. The van der Waals surface area contributed by atoms with Gasteiger partial charge in [0.25, 0.3) is 5.91 Å². The van der Waals surface area contributed by atoms with Crippen LogP contribution in [0.4, 0.5) is 11.4 Å². The number of carbonyl (C=O) groups excluding carboxylic acids is 2. The number of rotatable bonds is 7. The van der Waals surface area contributed by atoms with Crippen molar-refractivity contribution in [2.45, 2.75) is 53.6 Å². The molecule has 2 N–H and O–H groups in total. The summed E-state index contributed by atoms with van der Waals surface area (Å²) in [6.07, 6.45) is 3.56. The average Bonchev–Trinajstić information content (AvgIpc) is 3.37. The first-order valence-electron chi connectivity index (χ1n) is 10.1. The van der Waals surface area contributed by atoms with Crippen LogP contribution < -0.4 is 10.6 Å². The van der Waals surface area contributed by atoms with Crippen molar-refractivity contribution in [3.8, 4) is 0 Å². The van der Waals surface area contributed by atoms with E-state index in [-0.39, 0.29) is 17.5 Å². The molecule has 0 spiro atoms. The van der Waals surface area contributed by atoms with Gasteiger partial charge in [0.2, 0.25) is 5.91 Å². The van der Waals surface area contributed by atoms with E-state index in [2.05, 4.69) is 25.9 Å². The van der Waals surface area contributed by atoms with Crippen molar-refractivity contribution in [1.82, 2.24) is 29.3 Å². The van der Waals surface area contributed by atoms with Crippen molar-refractivity contribution in [2.24, 2.45) is 7.05 Å². The fourth-order valence-corrected chi connectivity index (χ4v) is 3.52. The lowest BCUT2D eigenvalue weighted by Gasteiger charge is -2.17. The van der Waals surface area contributed by atoms with Crippen LogP contribution in [-0.2, 0) is 18.4 Å². The monoisotopic (exact) mass is 446 g/mol. The van der Waals surface area contributed by atoms with Crippen LogP contribution in [-0.4, -0.2) is 41.2 Å². The molecule has 31 heavy (non-hydrogen) atoms. The summed E-state index contributed by atoms with van der Waals surface area (Å²) >= 11 is 6.26. The molecule has 0 aromatic carbocycles. The highest BCUT2D eigenvalue weighted by Gasteiger charge is 2.27. The smallest absolute Gasteiger partial charge is 0.276 e. The number of hydrogen-bond acceptors (Lipinski definition) is 5. The lowest BCUT2D eigenvalue weighted by Crippen LogP contribution is -2.28. The molecule has 0 bridgehead atoms. The minimum atomic E-state index is -0.576. The minimum absolute atomic E-state index is 0.264. The van der Waals surface area contributed by atoms with Crippen LogP contribution >= 0.6 is 11.6 Å². The summed E-state index contributed by atoms with van der Waals surface area (Å²) < 4.78 is 4.83. The summed E-state index contributed by atoms with van der Waals surface area (Å²) in [5, 5.41) is 19.0. The Morgan fingerprint density at radius 1 is 1.06 bits per heavy atom. The SMILES string of the molecule is CCC(C(=O)Nc1cnn(CC)c1C(=O)Nc1cnn(C)c1C)n1nc(C)c(Cl)c1C. The van der Waals surface area contributed by atoms with Crippen LogP contribution in [0.2, 0.25) is 5.02 Å². The molecule has 3 heterocycles. The molecule has 0 saturated heterocycles. The van der Waals surface area contributed by atoms with E-state index in [1.807, 2.05) is 27.7 Å². The molecule has 3 aromatic heterocycles. The van der Waals surface area contributed by atoms with Crippen LogP contribution in [0, 0.1) is 20.8 Å². The number of anilines is 2. The normalized spacial score (nSPS) is 12.1. The van der Waals surface area contributed by atoms with E-state index in [1.165, 1.54) is 10.9 Å². The van der Waals surface area contributed by atoms with Crippen molar-refractivity contribution in [1.29, 1.82) is 0 Å². The minimum Gasteiger partial charge on any atom is -0.321 e. The molecular weight excluding hydrogens is 420 g/mol. The van der Waals surface area contributed by atoms with Gasteiger partial charge in [-0.3, -0.25) is 23.6 Å². The van der Waals surface area contributed by atoms with E-state index in [0.717, 1.165) is 11.4 Å². The lowest BCUT2D eigenvalue weighted by atomic mass is 10.2. The second kappa shape index (κ2) is 8.93. The fourth-order valence-electron chi connectivity index (χ4n) is 3.39. The Labute approximate surface area is 185 Å². The summed E-state index contributed by atoms with van der Waals surface area (Å²) in [5.74, 6) is -0.681. The third-order valence-corrected chi connectivity index (χ3v) is 5.86. The Bertz CT molecular complexity index is 1130. The van der Waals surface area contributed by atoms with Gasteiger partial charge in [0, 0.05) is 13.6 Å². The van der Waals surface area contributed by atoms with Gasteiger partial charge < -0.3 is 10.6 Å². The standard InChI is InChI=1S/C20H27ClN8O2/c1-7-16(29-13(5)17(21)11(3)26-29)19(30)25-15-10-23-28(8-2)18(15)20(31)24-14-9-22-27(6)12(14)4/h9-10,16H,7-8H2,1-6H3,(H,24,31)(H,25,30). The zero-order chi connectivity index (χ0) is 22.9. The number of aryl methyl sites for hydroxylation is 3. The maximum Gasteiger partial charge on any atom is 0.276 e. The number of nitrogens with zero attached hydrogens (tertiary/aromatic N) is 6. The van der Waals surface area contributed by atoms with Gasteiger partial charge in [-0.05, 0) is 34.1 Å². The fraction of sp³-hybridized carbons (Fsp3) is 0.450. The quantitative estimate of drug-likeness (QED) is 0.578. The summed E-state index contributed by atoms with van der Waals surface area (Å²) in [7, 11) is 1.79. The van der Waals surface area contributed by atoms with Gasteiger partial charge in [0.05, 0.1) is 45.9 Å². The van der Waals surface area contributed by atoms with Crippen molar-refractivity contribution in [2.75, 3.05) is 10.6 Å². The number of aromatic nitrogens is 6. The molecular formula is C20H27ClN8O2. The summed E-state index contributed by atoms with van der Waals surface area (Å²) in [4.78, 5) is 26.1. The van der Waals surface area contributed by atoms with E-state index in [1.54, 1.807) is 29.5 Å². The molecule has 3 aromatic rings. The lowest BCUT2D eigenvalue weighted by molar-refractivity contribution is -0.119. The molecule has 0 saturated carbocycles. The molecule has 1 atom stereocenters. The Balaban J connectivity index is 1.88. The molecule has 0 aliphatic rings. The third-order valence-electron chi connectivity index (χ3n) is 5.32. The second-order valence-electron chi connectivity index (χ2n) is 7.29. The molecule has 10 nitrogen and oxygen atoms in total. The summed E-state index contributed by atoms with van der Waals surface area (Å²) in [6.45, 7) is 9.70. The Hall–Kier alpha value is -3.14. The maximum atomic E-state index is 13.1. The predicted molar refractivity (Wildman–Crippen MR) is 118 cm³/mol. The molecule has 1 unspecified atom stereocenters. The maximum absolute atomic E-state index is 13.1. The van der Waals surface area contributed by atoms with Gasteiger partial charge in [-0.2, -0.15) is 15.3 Å². The molecule has 0 radical (unpaired) electrons. The molecule has 0 aliphatic heterocycles. The van der Waals surface area contributed by atoms with E-state index in [0.29, 0.717) is 35.1 Å².